The average molecular weight is 475 g/mol. The molecule has 0 fully saturated rings. The second-order valence-electron chi connectivity index (χ2n) is 7.17. The standard InChI is InChI=1S/C24H22N6O3S/c1-25-34(32,33)21-12-6-11-20(14-21)29-23-15-22(26-16-27-23)28-19-10-5-7-17(13-19)24(31)30-18-8-3-2-4-9-18/h2-16,25H,1H3,(H,30,31)(H2,26,27,28,29). The highest BCUT2D eigenvalue weighted by Gasteiger charge is 2.12. The summed E-state index contributed by atoms with van der Waals surface area (Å²) < 4.78 is 26.4. The zero-order valence-electron chi connectivity index (χ0n) is 18.2. The molecular weight excluding hydrogens is 452 g/mol. The Bertz CT molecular complexity index is 1410. The number of hydrogen-bond donors (Lipinski definition) is 4. The lowest BCUT2D eigenvalue weighted by atomic mass is 10.2. The molecule has 4 N–H and O–H groups in total. The molecule has 0 aliphatic rings. The first-order chi connectivity index (χ1) is 16.4. The Balaban J connectivity index is 1.47. The van der Waals surface area contributed by atoms with Crippen LogP contribution >= 0.6 is 0 Å². The third-order valence-corrected chi connectivity index (χ3v) is 6.19. The van der Waals surface area contributed by atoms with E-state index in [0.29, 0.717) is 34.3 Å². The number of hydrogen-bond acceptors (Lipinski definition) is 7. The summed E-state index contributed by atoms with van der Waals surface area (Å²) in [6.45, 7) is 0. The van der Waals surface area contributed by atoms with Gasteiger partial charge in [-0.1, -0.05) is 30.3 Å². The summed E-state index contributed by atoms with van der Waals surface area (Å²) in [6, 6.07) is 24.3. The highest BCUT2D eigenvalue weighted by molar-refractivity contribution is 7.89. The first-order valence-corrected chi connectivity index (χ1v) is 11.8. The minimum Gasteiger partial charge on any atom is -0.340 e. The van der Waals surface area contributed by atoms with Crippen LogP contribution in [0.1, 0.15) is 10.4 Å². The van der Waals surface area contributed by atoms with Crippen molar-refractivity contribution < 1.29 is 13.2 Å². The highest BCUT2D eigenvalue weighted by Crippen LogP contribution is 2.22. The molecule has 0 saturated carbocycles. The van der Waals surface area contributed by atoms with Crippen LogP contribution in [0, 0.1) is 0 Å². The van der Waals surface area contributed by atoms with E-state index >= 15 is 0 Å². The maximum atomic E-state index is 12.6. The third-order valence-electron chi connectivity index (χ3n) is 4.78. The largest absolute Gasteiger partial charge is 0.340 e. The lowest BCUT2D eigenvalue weighted by Crippen LogP contribution is -2.18. The Hall–Kier alpha value is -4.28. The molecule has 172 valence electrons. The lowest BCUT2D eigenvalue weighted by Gasteiger charge is -2.11. The van der Waals surface area contributed by atoms with Gasteiger partial charge in [0.25, 0.3) is 5.91 Å². The summed E-state index contributed by atoms with van der Waals surface area (Å²) in [5.41, 5.74) is 2.43. The smallest absolute Gasteiger partial charge is 0.255 e. The van der Waals surface area contributed by atoms with E-state index < -0.39 is 10.0 Å². The van der Waals surface area contributed by atoms with Crippen molar-refractivity contribution >= 4 is 44.6 Å². The number of para-hydroxylation sites is 1. The molecule has 0 bridgehead atoms. The number of nitrogens with zero attached hydrogens (tertiary/aromatic N) is 2. The molecule has 0 aliphatic carbocycles. The molecule has 4 rings (SSSR count). The first-order valence-electron chi connectivity index (χ1n) is 10.3. The van der Waals surface area contributed by atoms with Gasteiger partial charge in [-0.25, -0.2) is 23.1 Å². The van der Waals surface area contributed by atoms with Crippen molar-refractivity contribution in [3.63, 3.8) is 0 Å². The van der Waals surface area contributed by atoms with Crippen LogP contribution in [-0.2, 0) is 10.0 Å². The average Bonchev–Trinajstić information content (AvgIpc) is 2.85. The van der Waals surface area contributed by atoms with Crippen molar-refractivity contribution in [2.45, 2.75) is 4.90 Å². The summed E-state index contributed by atoms with van der Waals surface area (Å²) in [5, 5.41) is 9.09. The van der Waals surface area contributed by atoms with Crippen LogP contribution in [0.2, 0.25) is 0 Å². The normalized spacial score (nSPS) is 11.0. The minimum atomic E-state index is -3.56. The van der Waals surface area contributed by atoms with Gasteiger partial charge in [-0.3, -0.25) is 4.79 Å². The summed E-state index contributed by atoms with van der Waals surface area (Å²) >= 11 is 0. The number of benzene rings is 3. The molecule has 0 atom stereocenters. The number of nitrogens with one attached hydrogen (secondary N) is 4. The maximum Gasteiger partial charge on any atom is 0.255 e. The van der Waals surface area contributed by atoms with Crippen molar-refractivity contribution in [2.75, 3.05) is 23.0 Å². The van der Waals surface area contributed by atoms with Gasteiger partial charge in [-0.05, 0) is 55.6 Å². The van der Waals surface area contributed by atoms with Crippen molar-refractivity contribution in [2.24, 2.45) is 0 Å². The van der Waals surface area contributed by atoms with Gasteiger partial charge in [0, 0.05) is 28.7 Å². The zero-order chi connectivity index (χ0) is 24.0. The van der Waals surface area contributed by atoms with Crippen molar-refractivity contribution in [1.29, 1.82) is 0 Å². The molecule has 9 nitrogen and oxygen atoms in total. The van der Waals surface area contributed by atoms with Crippen molar-refractivity contribution in [3.05, 3.63) is 96.8 Å². The number of anilines is 5. The second kappa shape index (κ2) is 10.1. The van der Waals surface area contributed by atoms with E-state index in [1.807, 2.05) is 36.4 Å². The fraction of sp³-hybridized carbons (Fsp3) is 0.0417. The molecule has 34 heavy (non-hydrogen) atoms. The van der Waals surface area contributed by atoms with E-state index in [1.54, 1.807) is 36.4 Å². The minimum absolute atomic E-state index is 0.137. The molecule has 0 spiro atoms. The molecular formula is C24H22N6O3S. The fourth-order valence-electron chi connectivity index (χ4n) is 3.11. The number of carbonyl (C=O) groups excluding carboxylic acids is 1. The maximum absolute atomic E-state index is 12.6. The van der Waals surface area contributed by atoms with Crippen LogP contribution < -0.4 is 20.7 Å². The first kappa shape index (κ1) is 22.9. The predicted molar refractivity (Wildman–Crippen MR) is 132 cm³/mol. The van der Waals surface area contributed by atoms with Crippen LogP contribution in [0.25, 0.3) is 0 Å². The van der Waals surface area contributed by atoms with Crippen LogP contribution in [0.5, 0.6) is 0 Å². The molecule has 0 saturated heterocycles. The van der Waals surface area contributed by atoms with Crippen molar-refractivity contribution in [3.8, 4) is 0 Å². The summed E-state index contributed by atoms with van der Waals surface area (Å²) in [6.07, 6.45) is 1.38. The summed E-state index contributed by atoms with van der Waals surface area (Å²) in [4.78, 5) is 21.1. The number of aromatic nitrogens is 2. The van der Waals surface area contributed by atoms with E-state index in [-0.39, 0.29) is 10.8 Å². The van der Waals surface area contributed by atoms with Crippen LogP contribution in [0.15, 0.2) is 96.2 Å². The topological polar surface area (TPSA) is 125 Å². The molecule has 1 aromatic heterocycles. The van der Waals surface area contributed by atoms with Crippen molar-refractivity contribution in [1.82, 2.24) is 14.7 Å². The molecule has 0 unspecified atom stereocenters. The molecule has 1 heterocycles. The van der Waals surface area contributed by atoms with Gasteiger partial charge in [0.05, 0.1) is 4.90 Å². The van der Waals surface area contributed by atoms with Crippen LogP contribution in [-0.4, -0.2) is 31.3 Å². The molecule has 4 aromatic rings. The van der Waals surface area contributed by atoms with Gasteiger partial charge < -0.3 is 16.0 Å². The molecule has 1 amide bonds. The van der Waals surface area contributed by atoms with Gasteiger partial charge in [-0.2, -0.15) is 0 Å². The van der Waals surface area contributed by atoms with E-state index in [9.17, 15) is 13.2 Å². The van der Waals surface area contributed by atoms with Gasteiger partial charge in [0.1, 0.15) is 18.0 Å². The van der Waals surface area contributed by atoms with E-state index in [2.05, 4.69) is 30.6 Å². The van der Waals surface area contributed by atoms with E-state index in [0.717, 1.165) is 0 Å². The SMILES string of the molecule is CNS(=O)(=O)c1cccc(Nc2cc(Nc3cccc(C(=O)Nc4ccccc4)c3)ncn2)c1. The van der Waals surface area contributed by atoms with Crippen LogP contribution in [0.4, 0.5) is 28.7 Å². The fourth-order valence-corrected chi connectivity index (χ4v) is 3.89. The Morgan fingerprint density at radius 1 is 0.735 bits per heavy atom. The molecule has 0 aliphatic heterocycles. The molecule has 3 aromatic carbocycles. The number of carbonyl (C=O) groups is 1. The van der Waals surface area contributed by atoms with Gasteiger partial charge in [0.2, 0.25) is 10.0 Å². The van der Waals surface area contributed by atoms with E-state index in [1.165, 1.54) is 25.5 Å². The van der Waals surface area contributed by atoms with Gasteiger partial charge in [-0.15, -0.1) is 0 Å². The van der Waals surface area contributed by atoms with E-state index in [4.69, 9.17) is 0 Å². The zero-order valence-corrected chi connectivity index (χ0v) is 19.0. The Kier molecular flexibility index (Phi) is 6.81. The number of rotatable bonds is 8. The second-order valence-corrected chi connectivity index (χ2v) is 9.06. The Morgan fingerprint density at radius 3 is 2.03 bits per heavy atom. The van der Waals surface area contributed by atoms with Crippen LogP contribution in [0.3, 0.4) is 0 Å². The predicted octanol–water partition coefficient (Wildman–Crippen LogP) is 4.12. The third kappa shape index (κ3) is 5.74. The summed E-state index contributed by atoms with van der Waals surface area (Å²) in [7, 11) is -2.20. The van der Waals surface area contributed by atoms with Gasteiger partial charge in [0.15, 0.2) is 0 Å². The molecule has 0 radical (unpaired) electrons. The lowest BCUT2D eigenvalue weighted by molar-refractivity contribution is 0.102. The summed E-state index contributed by atoms with van der Waals surface area (Å²) in [5.74, 6) is 0.739. The highest BCUT2D eigenvalue weighted by atomic mass is 32.2. The Morgan fingerprint density at radius 2 is 1.35 bits per heavy atom. The Labute approximate surface area is 197 Å². The monoisotopic (exact) mass is 474 g/mol. The molecule has 10 heteroatoms. The quantitative estimate of drug-likeness (QED) is 0.303. The number of sulfonamides is 1. The van der Waals surface area contributed by atoms with Gasteiger partial charge >= 0.3 is 0 Å². The number of amides is 1.